The molecule has 1 heterocycles. The van der Waals surface area contributed by atoms with Crippen LogP contribution in [0.1, 0.15) is 31.4 Å². The number of aliphatic hydroxyl groups is 1. The van der Waals surface area contributed by atoms with Crippen molar-refractivity contribution in [1.82, 2.24) is 10.2 Å². The molecule has 0 saturated carbocycles. The number of hydrogen-bond donors (Lipinski definition) is 2. The first kappa shape index (κ1) is 11.1. The summed E-state index contributed by atoms with van der Waals surface area (Å²) in [6.07, 6.45) is 0.224. The predicted molar refractivity (Wildman–Crippen MR) is 47.9 cm³/mol. The van der Waals surface area contributed by atoms with Crippen molar-refractivity contribution in [2.75, 3.05) is 0 Å². The Morgan fingerprint density at radius 2 is 2.21 bits per heavy atom. The number of nitrogens with zero attached hydrogens (tertiary/aromatic N) is 1. The van der Waals surface area contributed by atoms with Crippen LogP contribution in [0.4, 0.5) is 8.78 Å². The van der Waals surface area contributed by atoms with Gasteiger partial charge in [-0.2, -0.15) is 5.10 Å². The molecule has 0 fully saturated rings. The van der Waals surface area contributed by atoms with Gasteiger partial charge in [0.2, 0.25) is 6.43 Å². The molecular weight excluding hydrogens is 190 g/mol. The summed E-state index contributed by atoms with van der Waals surface area (Å²) in [6.45, 7) is 1.70. The van der Waals surface area contributed by atoms with E-state index in [1.165, 1.54) is 6.20 Å². The fourth-order valence-electron chi connectivity index (χ4n) is 1.36. The van der Waals surface area contributed by atoms with E-state index >= 15 is 0 Å². The second-order valence-electron chi connectivity index (χ2n) is 3.52. The van der Waals surface area contributed by atoms with Crippen LogP contribution in [-0.2, 0) is 0 Å². The molecule has 0 aromatic carbocycles. The number of nitrogens with one attached hydrogen (secondary N) is 1. The highest BCUT2D eigenvalue weighted by Crippen LogP contribution is 2.23. The Kier molecular flexibility index (Phi) is 4.00. The van der Waals surface area contributed by atoms with Crippen molar-refractivity contribution in [1.29, 1.82) is 0 Å². The molecule has 0 amide bonds. The normalized spacial score (nSPS) is 15.8. The maximum absolute atomic E-state index is 12.0. The van der Waals surface area contributed by atoms with Gasteiger partial charge in [0, 0.05) is 18.2 Å². The van der Waals surface area contributed by atoms with E-state index in [9.17, 15) is 13.9 Å². The summed E-state index contributed by atoms with van der Waals surface area (Å²) < 4.78 is 24.0. The molecule has 0 aliphatic carbocycles. The highest BCUT2D eigenvalue weighted by molar-refractivity contribution is 5.06. The van der Waals surface area contributed by atoms with Gasteiger partial charge in [0.05, 0.1) is 12.3 Å². The highest BCUT2D eigenvalue weighted by Gasteiger charge is 2.16. The molecule has 2 unspecified atom stereocenters. The molecule has 2 atom stereocenters. The molecule has 2 N–H and O–H groups in total. The van der Waals surface area contributed by atoms with Gasteiger partial charge in [-0.15, -0.1) is 0 Å². The molecule has 1 aromatic rings. The predicted octanol–water partition coefficient (Wildman–Crippen LogP) is 2.12. The molecule has 0 aliphatic heterocycles. The second-order valence-corrected chi connectivity index (χ2v) is 3.52. The fourth-order valence-corrected chi connectivity index (χ4v) is 1.36. The van der Waals surface area contributed by atoms with Crippen LogP contribution in [0.5, 0.6) is 0 Å². The molecule has 0 saturated heterocycles. The molecular formula is C9H14F2N2O. The molecule has 1 rings (SSSR count). The number of halogens is 2. The number of rotatable bonds is 5. The van der Waals surface area contributed by atoms with Crippen LogP contribution < -0.4 is 0 Å². The Hall–Kier alpha value is -0.970. The Bertz CT molecular complexity index is 251. The van der Waals surface area contributed by atoms with Gasteiger partial charge >= 0.3 is 0 Å². The quantitative estimate of drug-likeness (QED) is 0.771. The van der Waals surface area contributed by atoms with Crippen molar-refractivity contribution in [3.05, 3.63) is 18.0 Å². The van der Waals surface area contributed by atoms with E-state index in [4.69, 9.17) is 0 Å². The number of aromatic amines is 1. The standard InChI is InChI=1S/C9H14F2N2O/c1-6(3-9(10)11)2-8(14)7-4-12-13-5-7/h4-6,8-9,14H,2-3H2,1H3,(H,12,13). The minimum absolute atomic E-state index is 0.172. The Morgan fingerprint density at radius 3 is 2.71 bits per heavy atom. The summed E-state index contributed by atoms with van der Waals surface area (Å²) in [5, 5.41) is 15.8. The maximum atomic E-state index is 12.0. The molecule has 80 valence electrons. The maximum Gasteiger partial charge on any atom is 0.238 e. The largest absolute Gasteiger partial charge is 0.388 e. The van der Waals surface area contributed by atoms with Crippen LogP contribution in [0.3, 0.4) is 0 Å². The second kappa shape index (κ2) is 5.05. The molecule has 14 heavy (non-hydrogen) atoms. The van der Waals surface area contributed by atoms with Gasteiger partial charge < -0.3 is 5.11 Å². The van der Waals surface area contributed by atoms with Gasteiger partial charge in [-0.3, -0.25) is 5.10 Å². The third-order valence-corrected chi connectivity index (χ3v) is 2.11. The number of aromatic nitrogens is 2. The summed E-state index contributed by atoms with van der Waals surface area (Å²) >= 11 is 0. The van der Waals surface area contributed by atoms with Crippen LogP contribution in [-0.4, -0.2) is 21.7 Å². The highest BCUT2D eigenvalue weighted by atomic mass is 19.3. The Labute approximate surface area is 81.1 Å². The van der Waals surface area contributed by atoms with Gasteiger partial charge in [-0.25, -0.2) is 8.78 Å². The zero-order valence-electron chi connectivity index (χ0n) is 7.95. The van der Waals surface area contributed by atoms with Crippen LogP contribution >= 0.6 is 0 Å². The number of alkyl halides is 2. The minimum Gasteiger partial charge on any atom is -0.388 e. The van der Waals surface area contributed by atoms with Gasteiger partial charge in [0.25, 0.3) is 0 Å². The fraction of sp³-hybridized carbons (Fsp3) is 0.667. The smallest absolute Gasteiger partial charge is 0.238 e. The topological polar surface area (TPSA) is 48.9 Å². The lowest BCUT2D eigenvalue weighted by Gasteiger charge is -2.14. The number of hydrogen-bond acceptors (Lipinski definition) is 2. The van der Waals surface area contributed by atoms with Crippen LogP contribution in [0.25, 0.3) is 0 Å². The van der Waals surface area contributed by atoms with Gasteiger partial charge in [-0.05, 0) is 12.3 Å². The molecule has 0 radical (unpaired) electrons. The zero-order valence-corrected chi connectivity index (χ0v) is 7.95. The van der Waals surface area contributed by atoms with Gasteiger partial charge in [0.1, 0.15) is 0 Å². The number of H-pyrrole nitrogens is 1. The Balaban J connectivity index is 2.37. The van der Waals surface area contributed by atoms with Crippen molar-refractivity contribution in [3.63, 3.8) is 0 Å². The molecule has 5 heteroatoms. The molecule has 3 nitrogen and oxygen atoms in total. The molecule has 0 bridgehead atoms. The van der Waals surface area contributed by atoms with Crippen LogP contribution in [0.2, 0.25) is 0 Å². The van der Waals surface area contributed by atoms with E-state index in [1.54, 1.807) is 13.1 Å². The SMILES string of the molecule is CC(CC(F)F)CC(O)c1cn[nH]c1. The Morgan fingerprint density at radius 1 is 1.50 bits per heavy atom. The van der Waals surface area contributed by atoms with E-state index in [0.29, 0.717) is 12.0 Å². The van der Waals surface area contributed by atoms with Crippen molar-refractivity contribution in [3.8, 4) is 0 Å². The summed E-state index contributed by atoms with van der Waals surface area (Å²) in [5.74, 6) is -0.195. The first-order chi connectivity index (χ1) is 6.59. The van der Waals surface area contributed by atoms with Crippen molar-refractivity contribution < 1.29 is 13.9 Å². The molecule has 1 aromatic heterocycles. The average Bonchev–Trinajstić information content (AvgIpc) is 2.53. The average molecular weight is 204 g/mol. The first-order valence-electron chi connectivity index (χ1n) is 4.54. The zero-order chi connectivity index (χ0) is 10.6. The van der Waals surface area contributed by atoms with Crippen molar-refractivity contribution >= 4 is 0 Å². The van der Waals surface area contributed by atoms with Crippen LogP contribution in [0, 0.1) is 5.92 Å². The summed E-state index contributed by atoms with van der Waals surface area (Å²) in [7, 11) is 0. The monoisotopic (exact) mass is 204 g/mol. The van der Waals surface area contributed by atoms with E-state index < -0.39 is 12.5 Å². The van der Waals surface area contributed by atoms with E-state index in [-0.39, 0.29) is 12.3 Å². The third-order valence-electron chi connectivity index (χ3n) is 2.11. The summed E-state index contributed by atoms with van der Waals surface area (Å²) in [6, 6.07) is 0. The third kappa shape index (κ3) is 3.41. The van der Waals surface area contributed by atoms with E-state index in [2.05, 4.69) is 10.2 Å². The number of aliphatic hydroxyl groups excluding tert-OH is 1. The lowest BCUT2D eigenvalue weighted by atomic mass is 9.98. The molecule has 0 aliphatic rings. The van der Waals surface area contributed by atoms with E-state index in [1.807, 2.05) is 0 Å². The minimum atomic E-state index is -2.30. The van der Waals surface area contributed by atoms with Crippen molar-refractivity contribution in [2.24, 2.45) is 5.92 Å². The van der Waals surface area contributed by atoms with Gasteiger partial charge in [-0.1, -0.05) is 6.92 Å². The van der Waals surface area contributed by atoms with Crippen LogP contribution in [0.15, 0.2) is 12.4 Å². The first-order valence-corrected chi connectivity index (χ1v) is 4.54. The molecule has 0 spiro atoms. The van der Waals surface area contributed by atoms with E-state index in [0.717, 1.165) is 0 Å². The summed E-state index contributed by atoms with van der Waals surface area (Å²) in [4.78, 5) is 0. The lowest BCUT2D eigenvalue weighted by molar-refractivity contribution is 0.0910. The van der Waals surface area contributed by atoms with Gasteiger partial charge in [0.15, 0.2) is 0 Å². The summed E-state index contributed by atoms with van der Waals surface area (Å²) in [5.41, 5.74) is 0.645. The van der Waals surface area contributed by atoms with Crippen molar-refractivity contribution in [2.45, 2.75) is 32.3 Å². The lowest BCUT2D eigenvalue weighted by Crippen LogP contribution is -2.07.